The third-order valence-corrected chi connectivity index (χ3v) is 2.17. The van der Waals surface area contributed by atoms with E-state index in [4.69, 9.17) is 21.8 Å². The second-order valence-corrected chi connectivity index (χ2v) is 3.07. The third-order valence-electron chi connectivity index (χ3n) is 0.724. The molecule has 0 aromatic heterocycles. The average Bonchev–Trinajstić information content (AvgIpc) is 1.89. The van der Waals surface area contributed by atoms with Gasteiger partial charge in [0.1, 0.15) is 0 Å². The lowest BCUT2D eigenvalue weighted by Gasteiger charge is -2.03. The van der Waals surface area contributed by atoms with Crippen LogP contribution >= 0.6 is 23.4 Å². The van der Waals surface area contributed by atoms with Crippen LogP contribution in [0.3, 0.4) is 0 Å². The van der Waals surface area contributed by atoms with E-state index in [-0.39, 0.29) is 12.5 Å². The number of hydrogen-bond donors (Lipinski definition) is 2. The number of aliphatic hydroxyl groups excluding tert-OH is 2. The molecule has 0 spiro atoms. The molecule has 0 saturated carbocycles. The van der Waals surface area contributed by atoms with Crippen molar-refractivity contribution in [2.75, 3.05) is 24.0 Å². The van der Waals surface area contributed by atoms with Crippen LogP contribution in [0.15, 0.2) is 0 Å². The molecule has 0 unspecified atom stereocenters. The minimum Gasteiger partial charge on any atom is -0.396 e. The van der Waals surface area contributed by atoms with Gasteiger partial charge in [0, 0.05) is 17.4 Å². The predicted molar refractivity (Wildman–Crippen MR) is 41.1 cm³/mol. The molecule has 2 nitrogen and oxygen atoms in total. The summed E-state index contributed by atoms with van der Waals surface area (Å²) in [4.78, 5) is 0. The number of hydrogen-bond acceptors (Lipinski definition) is 3. The Morgan fingerprint density at radius 3 is 2.67 bits per heavy atom. The summed E-state index contributed by atoms with van der Waals surface area (Å²) in [6, 6.07) is 0. The summed E-state index contributed by atoms with van der Waals surface area (Å²) in [5.41, 5.74) is 0. The summed E-state index contributed by atoms with van der Waals surface area (Å²) in [5.74, 6) is 1.57. The van der Waals surface area contributed by atoms with E-state index in [1.54, 1.807) is 0 Å². The van der Waals surface area contributed by atoms with Crippen molar-refractivity contribution in [2.45, 2.75) is 6.10 Å². The lowest BCUT2D eigenvalue weighted by molar-refractivity contribution is 0.223. The van der Waals surface area contributed by atoms with Crippen molar-refractivity contribution < 1.29 is 10.2 Å². The Morgan fingerprint density at radius 2 is 2.22 bits per heavy atom. The van der Waals surface area contributed by atoms with Gasteiger partial charge in [0.05, 0.1) is 12.7 Å². The average molecular weight is 171 g/mol. The SMILES string of the molecule is OCCSC[C@@H](O)CCl. The van der Waals surface area contributed by atoms with Crippen LogP contribution in [0.4, 0.5) is 0 Å². The maximum absolute atomic E-state index is 8.85. The van der Waals surface area contributed by atoms with Crippen molar-refractivity contribution in [1.82, 2.24) is 0 Å². The zero-order chi connectivity index (χ0) is 7.11. The first-order valence-corrected chi connectivity index (χ1v) is 4.42. The first-order valence-electron chi connectivity index (χ1n) is 2.74. The highest BCUT2D eigenvalue weighted by Gasteiger charge is 1.99. The number of rotatable bonds is 5. The van der Waals surface area contributed by atoms with Crippen molar-refractivity contribution in [1.29, 1.82) is 0 Å². The molecule has 0 aliphatic carbocycles. The third kappa shape index (κ3) is 6.45. The van der Waals surface area contributed by atoms with Crippen LogP contribution < -0.4 is 0 Å². The first-order chi connectivity index (χ1) is 4.31. The van der Waals surface area contributed by atoms with Gasteiger partial charge >= 0.3 is 0 Å². The second-order valence-electron chi connectivity index (χ2n) is 1.61. The largest absolute Gasteiger partial charge is 0.396 e. The van der Waals surface area contributed by atoms with Crippen LogP contribution in [0.5, 0.6) is 0 Å². The Kier molecular flexibility index (Phi) is 7.09. The van der Waals surface area contributed by atoms with Crippen LogP contribution in [0.2, 0.25) is 0 Å². The maximum atomic E-state index is 8.85. The van der Waals surface area contributed by atoms with Gasteiger partial charge in [-0.25, -0.2) is 0 Å². The Balaban J connectivity index is 2.88. The van der Waals surface area contributed by atoms with E-state index >= 15 is 0 Å². The highest BCUT2D eigenvalue weighted by Crippen LogP contribution is 2.02. The number of aliphatic hydroxyl groups is 2. The van der Waals surface area contributed by atoms with E-state index in [0.29, 0.717) is 11.5 Å². The smallest absolute Gasteiger partial charge is 0.0765 e. The van der Waals surface area contributed by atoms with Gasteiger partial charge in [0.2, 0.25) is 0 Å². The fraction of sp³-hybridized carbons (Fsp3) is 1.00. The highest BCUT2D eigenvalue weighted by molar-refractivity contribution is 7.99. The highest BCUT2D eigenvalue weighted by atomic mass is 35.5. The van der Waals surface area contributed by atoms with Gasteiger partial charge in [-0.15, -0.1) is 11.6 Å². The van der Waals surface area contributed by atoms with E-state index in [1.807, 2.05) is 0 Å². The van der Waals surface area contributed by atoms with Crippen molar-refractivity contribution in [3.05, 3.63) is 0 Å². The molecule has 0 aromatic rings. The van der Waals surface area contributed by atoms with Gasteiger partial charge in [-0.1, -0.05) is 0 Å². The van der Waals surface area contributed by atoms with Gasteiger partial charge in [-0.05, 0) is 0 Å². The molecule has 1 atom stereocenters. The van der Waals surface area contributed by atoms with E-state index in [0.717, 1.165) is 0 Å². The van der Waals surface area contributed by atoms with Gasteiger partial charge in [0.15, 0.2) is 0 Å². The summed E-state index contributed by atoms with van der Waals surface area (Å²) in [7, 11) is 0. The Morgan fingerprint density at radius 1 is 1.56 bits per heavy atom. The number of thioether (sulfide) groups is 1. The molecule has 0 rings (SSSR count). The second kappa shape index (κ2) is 6.68. The Hall–Kier alpha value is 0.560. The molecule has 0 heterocycles. The zero-order valence-electron chi connectivity index (χ0n) is 5.09. The summed E-state index contributed by atoms with van der Waals surface area (Å²) < 4.78 is 0. The quantitative estimate of drug-likeness (QED) is 0.461. The Labute approximate surface area is 64.2 Å². The lowest BCUT2D eigenvalue weighted by atomic mass is 10.5. The summed E-state index contributed by atoms with van der Waals surface area (Å²) in [6.45, 7) is 0.166. The van der Waals surface area contributed by atoms with E-state index in [1.165, 1.54) is 11.8 Å². The lowest BCUT2D eigenvalue weighted by Crippen LogP contribution is -2.11. The van der Waals surface area contributed by atoms with Crippen LogP contribution in [0, 0.1) is 0 Å². The minimum absolute atomic E-state index is 0.166. The molecule has 9 heavy (non-hydrogen) atoms. The first kappa shape index (κ1) is 9.56. The molecule has 0 fully saturated rings. The fourth-order valence-electron chi connectivity index (χ4n) is 0.328. The van der Waals surface area contributed by atoms with Gasteiger partial charge in [0.25, 0.3) is 0 Å². The van der Waals surface area contributed by atoms with E-state index < -0.39 is 6.10 Å². The summed E-state index contributed by atoms with van der Waals surface area (Å²) in [5, 5.41) is 17.2. The van der Waals surface area contributed by atoms with E-state index in [9.17, 15) is 0 Å². The topological polar surface area (TPSA) is 40.5 Å². The molecule has 2 N–H and O–H groups in total. The van der Waals surface area contributed by atoms with Gasteiger partial charge < -0.3 is 10.2 Å². The number of halogens is 1. The van der Waals surface area contributed by atoms with Crippen LogP contribution in [0.25, 0.3) is 0 Å². The summed E-state index contributed by atoms with van der Waals surface area (Å²) in [6.07, 6.45) is -0.428. The molecular formula is C5H11ClO2S. The molecule has 0 aromatic carbocycles. The van der Waals surface area contributed by atoms with Crippen molar-refractivity contribution in [2.24, 2.45) is 0 Å². The van der Waals surface area contributed by atoms with Crippen molar-refractivity contribution >= 4 is 23.4 Å². The molecule has 4 heteroatoms. The molecular weight excluding hydrogens is 160 g/mol. The summed E-state index contributed by atoms with van der Waals surface area (Å²) >= 11 is 6.81. The Bertz CT molecular complexity index is 62.9. The van der Waals surface area contributed by atoms with Crippen LogP contribution in [-0.2, 0) is 0 Å². The van der Waals surface area contributed by atoms with Crippen molar-refractivity contribution in [3.8, 4) is 0 Å². The predicted octanol–water partition coefficient (Wildman–Crippen LogP) is 0.312. The molecule has 56 valence electrons. The monoisotopic (exact) mass is 170 g/mol. The van der Waals surface area contributed by atoms with E-state index in [2.05, 4.69) is 0 Å². The standard InChI is InChI=1S/C5H11ClO2S/c6-3-5(8)4-9-2-1-7/h5,7-8H,1-4H2/t5-/m0/s1. The van der Waals surface area contributed by atoms with Gasteiger partial charge in [-0.3, -0.25) is 0 Å². The fourth-order valence-corrected chi connectivity index (χ4v) is 1.25. The maximum Gasteiger partial charge on any atom is 0.0765 e. The zero-order valence-corrected chi connectivity index (χ0v) is 6.66. The molecule has 0 saturated heterocycles. The van der Waals surface area contributed by atoms with Gasteiger partial charge in [-0.2, -0.15) is 11.8 Å². The number of alkyl halides is 1. The minimum atomic E-state index is -0.428. The molecule has 0 aliphatic rings. The van der Waals surface area contributed by atoms with Crippen LogP contribution in [-0.4, -0.2) is 40.3 Å². The van der Waals surface area contributed by atoms with Crippen LogP contribution in [0.1, 0.15) is 0 Å². The normalized spacial score (nSPS) is 13.7. The van der Waals surface area contributed by atoms with Crippen molar-refractivity contribution in [3.63, 3.8) is 0 Å². The molecule has 0 bridgehead atoms. The molecule has 0 amide bonds. The molecule has 0 radical (unpaired) electrons. The molecule has 0 aliphatic heterocycles.